The fourth-order valence-corrected chi connectivity index (χ4v) is 0.839. The first kappa shape index (κ1) is 9.22. The lowest BCUT2D eigenvalue weighted by Gasteiger charge is -1.95. The maximum atomic E-state index is 12.6. The summed E-state index contributed by atoms with van der Waals surface area (Å²) in [5.74, 6) is 4.93. The summed E-state index contributed by atoms with van der Waals surface area (Å²) in [5.41, 5.74) is 1.21. The van der Waals surface area contributed by atoms with Crippen molar-refractivity contribution in [3.05, 3.63) is 29.3 Å². The zero-order chi connectivity index (χ0) is 9.68. The van der Waals surface area contributed by atoms with Gasteiger partial charge in [-0.25, -0.2) is 9.37 Å². The van der Waals surface area contributed by atoms with Gasteiger partial charge < -0.3 is 0 Å². The van der Waals surface area contributed by atoms with Gasteiger partial charge in [-0.1, -0.05) is 5.92 Å². The molecule has 1 heterocycles. The summed E-state index contributed by atoms with van der Waals surface area (Å²) in [4.78, 5) is 3.79. The molecule has 0 saturated carbocycles. The molecule has 0 spiro atoms. The Balaban J connectivity index is 2.93. The lowest BCUT2D eigenvalue weighted by atomic mass is 10.2. The van der Waals surface area contributed by atoms with Gasteiger partial charge in [0.05, 0.1) is 18.7 Å². The van der Waals surface area contributed by atoms with Gasteiger partial charge in [-0.3, -0.25) is 0 Å². The summed E-state index contributed by atoms with van der Waals surface area (Å²) in [6.07, 6.45) is 1.28. The Labute approximate surface area is 76.0 Å². The summed E-state index contributed by atoms with van der Waals surface area (Å²) in [7, 11) is 0. The summed E-state index contributed by atoms with van der Waals surface area (Å²) < 4.78 is 12.6. The van der Waals surface area contributed by atoms with Gasteiger partial charge in [-0.05, 0) is 24.5 Å². The Morgan fingerprint density at radius 3 is 3.00 bits per heavy atom. The molecule has 3 heteroatoms. The molecule has 1 aromatic rings. The fourth-order valence-electron chi connectivity index (χ4n) is 0.839. The quantitative estimate of drug-likeness (QED) is 0.562. The SMILES string of the molecule is Cc1cc(F)cnc1C#CCC#N. The lowest BCUT2D eigenvalue weighted by Crippen LogP contribution is -1.89. The maximum Gasteiger partial charge on any atom is 0.141 e. The second kappa shape index (κ2) is 4.23. The van der Waals surface area contributed by atoms with Crippen LogP contribution in [0.5, 0.6) is 0 Å². The van der Waals surface area contributed by atoms with Gasteiger partial charge in [0.2, 0.25) is 0 Å². The highest BCUT2D eigenvalue weighted by atomic mass is 19.1. The van der Waals surface area contributed by atoms with Crippen LogP contribution in [0.2, 0.25) is 0 Å². The minimum atomic E-state index is -0.372. The predicted molar refractivity (Wildman–Crippen MR) is 46.0 cm³/mol. The monoisotopic (exact) mass is 174 g/mol. The van der Waals surface area contributed by atoms with Crippen LogP contribution < -0.4 is 0 Å². The Bertz CT molecular complexity index is 407. The second-order valence-electron chi connectivity index (χ2n) is 2.46. The van der Waals surface area contributed by atoms with Crippen molar-refractivity contribution < 1.29 is 4.39 Å². The number of nitriles is 1. The molecule has 0 radical (unpaired) electrons. The summed E-state index contributed by atoms with van der Waals surface area (Å²) in [6.45, 7) is 1.73. The van der Waals surface area contributed by atoms with Crippen molar-refractivity contribution in [3.8, 4) is 17.9 Å². The number of pyridine rings is 1. The van der Waals surface area contributed by atoms with E-state index in [9.17, 15) is 4.39 Å². The fraction of sp³-hybridized carbons (Fsp3) is 0.200. The highest BCUT2D eigenvalue weighted by molar-refractivity contribution is 5.34. The minimum absolute atomic E-state index is 0.165. The molecule has 0 amide bonds. The third kappa shape index (κ3) is 2.57. The third-order valence-corrected chi connectivity index (χ3v) is 1.42. The molecule has 0 aromatic carbocycles. The average Bonchev–Trinajstić information content (AvgIpc) is 2.09. The van der Waals surface area contributed by atoms with Gasteiger partial charge in [0.15, 0.2) is 0 Å². The molecule has 2 nitrogen and oxygen atoms in total. The van der Waals surface area contributed by atoms with E-state index in [1.54, 1.807) is 6.92 Å². The van der Waals surface area contributed by atoms with Gasteiger partial charge in [-0.2, -0.15) is 5.26 Å². The van der Waals surface area contributed by atoms with E-state index in [0.717, 1.165) is 6.20 Å². The van der Waals surface area contributed by atoms with Gasteiger partial charge in [-0.15, -0.1) is 0 Å². The van der Waals surface area contributed by atoms with E-state index in [0.29, 0.717) is 11.3 Å². The minimum Gasteiger partial charge on any atom is -0.244 e. The van der Waals surface area contributed by atoms with Crippen LogP contribution in [0, 0.1) is 35.9 Å². The standard InChI is InChI=1S/C10H7FN2/c1-8-6-9(11)7-13-10(8)4-2-3-5-12/h6-7H,3H2,1H3. The molecule has 0 bridgehead atoms. The second-order valence-corrected chi connectivity index (χ2v) is 2.46. The number of aromatic nitrogens is 1. The summed E-state index contributed by atoms with van der Waals surface area (Å²) in [6, 6.07) is 3.26. The topological polar surface area (TPSA) is 36.7 Å². The van der Waals surface area contributed by atoms with E-state index in [4.69, 9.17) is 5.26 Å². The largest absolute Gasteiger partial charge is 0.244 e. The van der Waals surface area contributed by atoms with Crippen LogP contribution >= 0.6 is 0 Å². The normalized spacial score (nSPS) is 8.38. The van der Waals surface area contributed by atoms with Crippen molar-refractivity contribution in [1.82, 2.24) is 4.98 Å². The molecule has 0 saturated heterocycles. The number of aryl methyl sites for hydroxylation is 1. The van der Waals surface area contributed by atoms with Crippen LogP contribution in [-0.4, -0.2) is 4.98 Å². The van der Waals surface area contributed by atoms with Crippen LogP contribution in [0.1, 0.15) is 17.7 Å². The predicted octanol–water partition coefficient (Wildman–Crippen LogP) is 1.79. The van der Waals surface area contributed by atoms with Crippen LogP contribution in [0.3, 0.4) is 0 Å². The van der Waals surface area contributed by atoms with Crippen molar-refractivity contribution >= 4 is 0 Å². The van der Waals surface area contributed by atoms with Crippen LogP contribution in [0.25, 0.3) is 0 Å². The van der Waals surface area contributed by atoms with Gasteiger partial charge in [0.1, 0.15) is 11.5 Å². The van der Waals surface area contributed by atoms with Gasteiger partial charge >= 0.3 is 0 Å². The zero-order valence-corrected chi connectivity index (χ0v) is 7.13. The first-order valence-corrected chi connectivity index (χ1v) is 3.72. The van der Waals surface area contributed by atoms with Crippen LogP contribution in [0.4, 0.5) is 4.39 Å². The van der Waals surface area contributed by atoms with Crippen molar-refractivity contribution in [2.45, 2.75) is 13.3 Å². The van der Waals surface area contributed by atoms with E-state index in [-0.39, 0.29) is 12.2 Å². The highest BCUT2D eigenvalue weighted by Crippen LogP contribution is 2.04. The first-order valence-electron chi connectivity index (χ1n) is 3.72. The molecule has 1 rings (SSSR count). The van der Waals surface area contributed by atoms with Crippen molar-refractivity contribution in [2.75, 3.05) is 0 Å². The van der Waals surface area contributed by atoms with Crippen LogP contribution in [-0.2, 0) is 0 Å². The molecule has 0 fully saturated rings. The molecule has 0 aliphatic heterocycles. The van der Waals surface area contributed by atoms with Crippen molar-refractivity contribution in [3.63, 3.8) is 0 Å². The smallest absolute Gasteiger partial charge is 0.141 e. The van der Waals surface area contributed by atoms with E-state index in [2.05, 4.69) is 16.8 Å². The van der Waals surface area contributed by atoms with E-state index >= 15 is 0 Å². The molecule has 1 aromatic heterocycles. The van der Waals surface area contributed by atoms with Crippen LogP contribution in [0.15, 0.2) is 12.3 Å². The highest BCUT2D eigenvalue weighted by Gasteiger charge is 1.96. The number of hydrogen-bond donors (Lipinski definition) is 0. The molecule has 13 heavy (non-hydrogen) atoms. The number of nitrogens with zero attached hydrogens (tertiary/aromatic N) is 2. The average molecular weight is 174 g/mol. The maximum absolute atomic E-state index is 12.6. The Morgan fingerprint density at radius 1 is 1.62 bits per heavy atom. The van der Waals surface area contributed by atoms with Gasteiger partial charge in [0.25, 0.3) is 0 Å². The van der Waals surface area contributed by atoms with Gasteiger partial charge in [0, 0.05) is 0 Å². The molecule has 0 aliphatic rings. The number of hydrogen-bond acceptors (Lipinski definition) is 2. The van der Waals surface area contributed by atoms with E-state index < -0.39 is 0 Å². The van der Waals surface area contributed by atoms with Crippen molar-refractivity contribution in [1.29, 1.82) is 5.26 Å². The summed E-state index contributed by atoms with van der Waals surface area (Å²) >= 11 is 0. The van der Waals surface area contributed by atoms with E-state index in [1.165, 1.54) is 6.07 Å². The van der Waals surface area contributed by atoms with Crippen molar-refractivity contribution in [2.24, 2.45) is 0 Å². The number of rotatable bonds is 0. The molecular formula is C10H7FN2. The zero-order valence-electron chi connectivity index (χ0n) is 7.13. The van der Waals surface area contributed by atoms with E-state index in [1.807, 2.05) is 6.07 Å². The third-order valence-electron chi connectivity index (χ3n) is 1.42. The molecular weight excluding hydrogens is 167 g/mol. The molecule has 64 valence electrons. The molecule has 0 unspecified atom stereocenters. The molecule has 0 atom stereocenters. The lowest BCUT2D eigenvalue weighted by molar-refractivity contribution is 0.619. The molecule has 0 aliphatic carbocycles. The number of halogens is 1. The Kier molecular flexibility index (Phi) is 3.00. The Hall–Kier alpha value is -1.87. The Morgan fingerprint density at radius 2 is 2.38 bits per heavy atom. The first-order chi connectivity index (χ1) is 6.24. The summed E-state index contributed by atoms with van der Waals surface area (Å²) in [5, 5.41) is 8.22. The molecule has 0 N–H and O–H groups in total.